The van der Waals surface area contributed by atoms with Crippen molar-refractivity contribution in [3.63, 3.8) is 0 Å². The van der Waals surface area contributed by atoms with E-state index in [4.69, 9.17) is 4.74 Å². The number of benzene rings is 3. The molecule has 3 aromatic carbocycles. The number of hydrogen-bond donors (Lipinski definition) is 0. The van der Waals surface area contributed by atoms with Gasteiger partial charge in [0.05, 0.1) is 0 Å². The van der Waals surface area contributed by atoms with Gasteiger partial charge in [-0.15, -0.1) is 0 Å². The Bertz CT molecular complexity index is 1000. The van der Waals surface area contributed by atoms with Gasteiger partial charge in [-0.2, -0.15) is 0 Å². The first-order valence-corrected chi connectivity index (χ1v) is 9.60. The summed E-state index contributed by atoms with van der Waals surface area (Å²) in [4.78, 5) is 0. The Morgan fingerprint density at radius 1 is 0.846 bits per heavy atom. The molecule has 0 N–H and O–H groups in total. The van der Waals surface area contributed by atoms with Crippen molar-refractivity contribution in [2.24, 2.45) is 0 Å². The monoisotopic (exact) mass is 344 g/mol. The quantitative estimate of drug-likeness (QED) is 0.462. The summed E-state index contributed by atoms with van der Waals surface area (Å²) in [7, 11) is 0. The van der Waals surface area contributed by atoms with Gasteiger partial charge >= 0.3 is 0 Å². The van der Waals surface area contributed by atoms with E-state index < -0.39 is 0 Å². The van der Waals surface area contributed by atoms with Crippen molar-refractivity contribution >= 4 is 10.8 Å². The van der Waals surface area contributed by atoms with Gasteiger partial charge in [0.25, 0.3) is 0 Å². The lowest BCUT2D eigenvalue weighted by Gasteiger charge is -2.36. The average molecular weight is 344 g/mol. The van der Waals surface area contributed by atoms with Crippen LogP contribution in [0.5, 0.6) is 5.75 Å². The smallest absolute Gasteiger partial charge is 0.129 e. The zero-order valence-electron chi connectivity index (χ0n) is 16.7. The Morgan fingerprint density at radius 3 is 2.31 bits per heavy atom. The number of ether oxygens (including phenoxy) is 1. The van der Waals surface area contributed by atoms with Gasteiger partial charge in [0, 0.05) is 11.1 Å². The van der Waals surface area contributed by atoms with E-state index in [1.807, 2.05) is 0 Å². The van der Waals surface area contributed by atoms with Crippen molar-refractivity contribution in [3.8, 4) is 16.9 Å². The summed E-state index contributed by atoms with van der Waals surface area (Å²) in [6.07, 6.45) is 1.06. The van der Waals surface area contributed by atoms with Gasteiger partial charge in [-0.1, -0.05) is 58.0 Å². The van der Waals surface area contributed by atoms with Crippen LogP contribution in [0.15, 0.2) is 48.5 Å². The zero-order valence-corrected chi connectivity index (χ0v) is 16.7. The van der Waals surface area contributed by atoms with Gasteiger partial charge in [-0.25, -0.2) is 0 Å². The molecule has 0 amide bonds. The van der Waals surface area contributed by atoms with E-state index in [1.165, 1.54) is 38.6 Å². The van der Waals surface area contributed by atoms with E-state index in [0.29, 0.717) is 0 Å². The summed E-state index contributed by atoms with van der Waals surface area (Å²) in [6.45, 7) is 13.3. The minimum absolute atomic E-state index is 0.114. The minimum Gasteiger partial charge on any atom is -0.482 e. The van der Waals surface area contributed by atoms with Crippen LogP contribution in [-0.2, 0) is 17.4 Å². The molecule has 1 nitrogen and oxygen atoms in total. The third-order valence-electron chi connectivity index (χ3n) is 5.60. The molecule has 1 heteroatoms. The van der Waals surface area contributed by atoms with Crippen molar-refractivity contribution in [1.82, 2.24) is 0 Å². The van der Waals surface area contributed by atoms with Gasteiger partial charge in [0.1, 0.15) is 11.4 Å². The molecule has 0 saturated carbocycles. The fraction of sp³-hybridized carbons (Fsp3) is 0.360. The second-order valence-electron chi connectivity index (χ2n) is 9.01. The number of aryl methyl sites for hydroxylation is 1. The maximum absolute atomic E-state index is 6.49. The largest absolute Gasteiger partial charge is 0.482 e. The van der Waals surface area contributed by atoms with Gasteiger partial charge in [0.15, 0.2) is 0 Å². The second-order valence-corrected chi connectivity index (χ2v) is 9.01. The normalized spacial score (nSPS) is 15.3. The molecule has 0 bridgehead atoms. The molecule has 3 aromatic rings. The summed E-state index contributed by atoms with van der Waals surface area (Å²) in [5.41, 5.74) is 6.24. The predicted octanol–water partition coefficient (Wildman–Crippen LogP) is 6.99. The van der Waals surface area contributed by atoms with Crippen molar-refractivity contribution in [2.75, 3.05) is 0 Å². The molecule has 0 aliphatic carbocycles. The molecule has 1 heterocycles. The van der Waals surface area contributed by atoms with Crippen molar-refractivity contribution in [3.05, 3.63) is 65.2 Å². The van der Waals surface area contributed by atoms with E-state index >= 15 is 0 Å². The van der Waals surface area contributed by atoms with Crippen molar-refractivity contribution < 1.29 is 4.74 Å². The molecule has 0 radical (unpaired) electrons. The Morgan fingerprint density at radius 2 is 1.62 bits per heavy atom. The van der Waals surface area contributed by atoms with E-state index in [1.54, 1.807) is 0 Å². The first-order chi connectivity index (χ1) is 12.2. The molecular formula is C25H28O. The van der Waals surface area contributed by atoms with E-state index in [0.717, 1.165) is 12.2 Å². The second kappa shape index (κ2) is 5.61. The molecular weight excluding hydrogens is 316 g/mol. The highest BCUT2D eigenvalue weighted by Crippen LogP contribution is 2.47. The summed E-state index contributed by atoms with van der Waals surface area (Å²) in [5.74, 6) is 0.999. The van der Waals surface area contributed by atoms with Gasteiger partial charge < -0.3 is 4.74 Å². The summed E-state index contributed by atoms with van der Waals surface area (Å²) in [5, 5.41) is 2.60. The third kappa shape index (κ3) is 2.70. The Labute approximate surface area is 157 Å². The van der Waals surface area contributed by atoms with Gasteiger partial charge in [-0.3, -0.25) is 0 Å². The van der Waals surface area contributed by atoms with Crippen LogP contribution < -0.4 is 4.74 Å². The topological polar surface area (TPSA) is 9.23 Å². The van der Waals surface area contributed by atoms with E-state index in [9.17, 15) is 0 Å². The molecule has 1 aliphatic heterocycles. The first-order valence-electron chi connectivity index (χ1n) is 9.60. The summed E-state index contributed by atoms with van der Waals surface area (Å²) >= 11 is 0. The average Bonchev–Trinajstić information content (AvgIpc) is 2.58. The van der Waals surface area contributed by atoms with Gasteiger partial charge in [0.2, 0.25) is 0 Å². The van der Waals surface area contributed by atoms with Crippen LogP contribution in [0.3, 0.4) is 0 Å². The van der Waals surface area contributed by atoms with Crippen molar-refractivity contribution in [2.45, 2.75) is 59.0 Å². The molecule has 4 rings (SSSR count). The van der Waals surface area contributed by atoms with Crippen LogP contribution in [0.2, 0.25) is 0 Å². The fourth-order valence-corrected chi connectivity index (χ4v) is 3.91. The van der Waals surface area contributed by atoms with Crippen LogP contribution in [0.4, 0.5) is 0 Å². The van der Waals surface area contributed by atoms with E-state index in [2.05, 4.69) is 90.1 Å². The van der Waals surface area contributed by atoms with Crippen molar-refractivity contribution in [1.29, 1.82) is 0 Å². The molecule has 0 spiro atoms. The molecule has 0 aromatic heterocycles. The molecule has 134 valence electrons. The molecule has 0 atom stereocenters. The first kappa shape index (κ1) is 17.1. The van der Waals surface area contributed by atoms with E-state index in [-0.39, 0.29) is 11.0 Å². The van der Waals surface area contributed by atoms with Crippen LogP contribution in [0.1, 0.15) is 58.2 Å². The lowest BCUT2D eigenvalue weighted by atomic mass is 9.81. The molecule has 0 saturated heterocycles. The lowest BCUT2D eigenvalue weighted by molar-refractivity contribution is 0.105. The summed E-state index contributed by atoms with van der Waals surface area (Å²) in [6, 6.07) is 18.2. The Kier molecular flexibility index (Phi) is 3.70. The Hall–Kier alpha value is -2.28. The molecule has 1 aliphatic rings. The minimum atomic E-state index is -0.338. The lowest BCUT2D eigenvalue weighted by Crippen LogP contribution is -2.29. The number of fused-ring (bicyclic) bond motifs is 4. The highest BCUT2D eigenvalue weighted by Gasteiger charge is 2.33. The molecule has 26 heavy (non-hydrogen) atoms. The van der Waals surface area contributed by atoms with Crippen LogP contribution >= 0.6 is 0 Å². The maximum Gasteiger partial charge on any atom is 0.129 e. The predicted molar refractivity (Wildman–Crippen MR) is 111 cm³/mol. The highest BCUT2D eigenvalue weighted by molar-refractivity contribution is 5.92. The number of rotatable bonds is 1. The fourth-order valence-electron chi connectivity index (χ4n) is 3.91. The van der Waals surface area contributed by atoms with Crippen LogP contribution in [0.25, 0.3) is 21.9 Å². The standard InChI is InChI=1S/C25H28O/c1-7-16-8-9-17-13-21-20-11-10-19(24(2,3)4)15-23(20)26-25(5,6)22(21)14-18(17)12-16/h8-15H,7H2,1-6H3. The summed E-state index contributed by atoms with van der Waals surface area (Å²) < 4.78 is 6.49. The number of hydrogen-bond acceptors (Lipinski definition) is 1. The van der Waals surface area contributed by atoms with Crippen LogP contribution in [-0.4, -0.2) is 0 Å². The molecule has 0 fully saturated rings. The maximum atomic E-state index is 6.49. The van der Waals surface area contributed by atoms with Gasteiger partial charge in [-0.05, 0) is 71.3 Å². The molecule has 0 unspecified atom stereocenters. The Balaban J connectivity index is 1.97. The highest BCUT2D eigenvalue weighted by atomic mass is 16.5. The zero-order chi connectivity index (χ0) is 18.7. The van der Waals surface area contributed by atoms with Crippen LogP contribution in [0, 0.1) is 0 Å². The SMILES string of the molecule is CCc1ccc2cc3c(cc2c1)C(C)(C)Oc1cc(C(C)(C)C)ccc1-3. The third-order valence-corrected chi connectivity index (χ3v) is 5.60.